The summed E-state index contributed by atoms with van der Waals surface area (Å²) in [5.41, 5.74) is 2.09. The van der Waals surface area contributed by atoms with Crippen molar-refractivity contribution in [2.45, 2.75) is 46.5 Å². The molecule has 5 nitrogen and oxygen atoms in total. The van der Waals surface area contributed by atoms with E-state index in [4.69, 9.17) is 9.47 Å². The molecule has 1 heterocycles. The van der Waals surface area contributed by atoms with Gasteiger partial charge in [-0.25, -0.2) is 4.79 Å². The minimum Gasteiger partial charge on any atom is -0.494 e. The molecule has 2 aromatic rings. The van der Waals surface area contributed by atoms with Crippen LogP contribution in [-0.2, 0) is 17.6 Å². The van der Waals surface area contributed by atoms with Crippen LogP contribution in [0, 0.1) is 5.92 Å². The number of benzene rings is 1. The van der Waals surface area contributed by atoms with Gasteiger partial charge in [-0.15, -0.1) is 11.3 Å². The van der Waals surface area contributed by atoms with E-state index < -0.39 is 0 Å². The van der Waals surface area contributed by atoms with Crippen LogP contribution in [0.25, 0.3) is 0 Å². The van der Waals surface area contributed by atoms with Crippen molar-refractivity contribution in [1.82, 2.24) is 0 Å². The molecule has 0 saturated heterocycles. The molecule has 0 atom stereocenters. The number of amides is 1. The number of fused-ring (bicyclic) bond motifs is 1. The van der Waals surface area contributed by atoms with Crippen molar-refractivity contribution >= 4 is 28.2 Å². The van der Waals surface area contributed by atoms with Gasteiger partial charge in [0.2, 0.25) is 0 Å². The highest BCUT2D eigenvalue weighted by atomic mass is 32.1. The molecule has 1 amide bonds. The number of carbonyl (C=O) groups excluding carboxylic acids is 2. The molecule has 150 valence electrons. The second-order valence-electron chi connectivity index (χ2n) is 7.29. The average Bonchev–Trinajstić information content (AvgIpc) is 3.22. The van der Waals surface area contributed by atoms with Crippen LogP contribution in [-0.4, -0.2) is 25.1 Å². The van der Waals surface area contributed by atoms with Crippen molar-refractivity contribution in [2.75, 3.05) is 18.5 Å². The van der Waals surface area contributed by atoms with Crippen molar-refractivity contribution in [3.8, 4) is 5.75 Å². The lowest BCUT2D eigenvalue weighted by molar-refractivity contribution is 0.0527. The smallest absolute Gasteiger partial charge is 0.341 e. The summed E-state index contributed by atoms with van der Waals surface area (Å²) in [5, 5.41) is 3.50. The van der Waals surface area contributed by atoms with E-state index in [1.54, 1.807) is 31.2 Å². The Morgan fingerprint density at radius 2 is 1.93 bits per heavy atom. The zero-order chi connectivity index (χ0) is 20.1. The topological polar surface area (TPSA) is 64.6 Å². The summed E-state index contributed by atoms with van der Waals surface area (Å²) in [6.07, 6.45) is 3.84. The molecule has 6 heteroatoms. The lowest BCUT2D eigenvalue weighted by Crippen LogP contribution is -2.15. The largest absolute Gasteiger partial charge is 0.494 e. The number of aryl methyl sites for hydroxylation is 1. The third-order valence-electron chi connectivity index (χ3n) is 4.71. The maximum Gasteiger partial charge on any atom is 0.341 e. The summed E-state index contributed by atoms with van der Waals surface area (Å²) < 4.78 is 10.9. The second-order valence-corrected chi connectivity index (χ2v) is 8.40. The molecule has 1 aromatic carbocycles. The van der Waals surface area contributed by atoms with Crippen molar-refractivity contribution in [3.63, 3.8) is 0 Å². The Kier molecular flexibility index (Phi) is 6.73. The number of rotatable bonds is 8. The molecule has 1 aromatic heterocycles. The number of esters is 1. The molecular formula is C22H27NO4S. The molecule has 0 radical (unpaired) electrons. The third kappa shape index (κ3) is 4.73. The van der Waals surface area contributed by atoms with Crippen LogP contribution in [0.2, 0.25) is 0 Å². The highest BCUT2D eigenvalue weighted by Gasteiger charge is 2.28. The zero-order valence-electron chi connectivity index (χ0n) is 16.7. The molecule has 1 N–H and O–H groups in total. The van der Waals surface area contributed by atoms with Crippen molar-refractivity contribution in [1.29, 1.82) is 0 Å². The van der Waals surface area contributed by atoms with Crippen molar-refractivity contribution < 1.29 is 19.1 Å². The Morgan fingerprint density at radius 3 is 2.61 bits per heavy atom. The lowest BCUT2D eigenvalue weighted by atomic mass is 10.1. The molecule has 0 aliphatic heterocycles. The Balaban J connectivity index is 1.70. The Labute approximate surface area is 170 Å². The van der Waals surface area contributed by atoms with Gasteiger partial charge >= 0.3 is 5.97 Å². The maximum absolute atomic E-state index is 12.7. The minimum atomic E-state index is -0.355. The van der Waals surface area contributed by atoms with Gasteiger partial charge < -0.3 is 14.8 Å². The van der Waals surface area contributed by atoms with E-state index in [-0.39, 0.29) is 11.9 Å². The van der Waals surface area contributed by atoms with E-state index in [0.29, 0.717) is 35.3 Å². The summed E-state index contributed by atoms with van der Waals surface area (Å²) in [4.78, 5) is 26.3. The fourth-order valence-corrected chi connectivity index (χ4v) is 4.47. The van der Waals surface area contributed by atoms with E-state index in [2.05, 4.69) is 19.2 Å². The van der Waals surface area contributed by atoms with Crippen molar-refractivity contribution in [2.24, 2.45) is 5.92 Å². The van der Waals surface area contributed by atoms with Crippen LogP contribution in [0.4, 0.5) is 5.00 Å². The molecule has 1 aliphatic carbocycles. The van der Waals surface area contributed by atoms with Crippen LogP contribution < -0.4 is 10.1 Å². The summed E-state index contributed by atoms with van der Waals surface area (Å²) in [5.74, 6) is 0.746. The van der Waals surface area contributed by atoms with Gasteiger partial charge in [-0.3, -0.25) is 4.79 Å². The van der Waals surface area contributed by atoms with E-state index in [1.807, 2.05) is 0 Å². The Bertz CT molecular complexity index is 839. The Hall–Kier alpha value is -2.34. The number of hydrogen-bond donors (Lipinski definition) is 1. The van der Waals surface area contributed by atoms with Crippen LogP contribution in [0.15, 0.2) is 24.3 Å². The first-order chi connectivity index (χ1) is 13.5. The number of thiophene rings is 1. The molecule has 0 saturated carbocycles. The first kappa shape index (κ1) is 20.4. The molecule has 0 bridgehead atoms. The zero-order valence-corrected chi connectivity index (χ0v) is 17.5. The van der Waals surface area contributed by atoms with E-state index in [1.165, 1.54) is 16.2 Å². The summed E-state index contributed by atoms with van der Waals surface area (Å²) in [6.45, 7) is 7.07. The quantitative estimate of drug-likeness (QED) is 0.626. The fourth-order valence-electron chi connectivity index (χ4n) is 3.20. The van der Waals surface area contributed by atoms with E-state index in [0.717, 1.165) is 37.0 Å². The van der Waals surface area contributed by atoms with Gasteiger partial charge in [-0.1, -0.05) is 13.8 Å². The molecule has 1 aliphatic rings. The number of hydrogen-bond acceptors (Lipinski definition) is 5. The predicted octanol–water partition coefficient (Wildman–Crippen LogP) is 5.09. The van der Waals surface area contributed by atoms with E-state index in [9.17, 15) is 9.59 Å². The highest BCUT2D eigenvalue weighted by molar-refractivity contribution is 7.17. The van der Waals surface area contributed by atoms with Gasteiger partial charge in [0, 0.05) is 10.4 Å². The number of nitrogens with one attached hydrogen (secondary N) is 1. The maximum atomic E-state index is 12.7. The van der Waals surface area contributed by atoms with E-state index >= 15 is 0 Å². The highest BCUT2D eigenvalue weighted by Crippen LogP contribution is 2.39. The van der Waals surface area contributed by atoms with Gasteiger partial charge in [-0.2, -0.15) is 0 Å². The molecule has 0 spiro atoms. The average molecular weight is 402 g/mol. The molecule has 28 heavy (non-hydrogen) atoms. The number of anilines is 1. The van der Waals surface area contributed by atoms with Crippen LogP contribution in [0.3, 0.4) is 0 Å². The summed E-state index contributed by atoms with van der Waals surface area (Å²) in [6, 6.07) is 7.09. The van der Waals surface area contributed by atoms with Gasteiger partial charge in [0.15, 0.2) is 0 Å². The number of ether oxygens (including phenoxy) is 2. The van der Waals surface area contributed by atoms with Crippen LogP contribution >= 0.6 is 11.3 Å². The van der Waals surface area contributed by atoms with Gasteiger partial charge in [0.05, 0.1) is 18.8 Å². The van der Waals surface area contributed by atoms with Crippen molar-refractivity contribution in [3.05, 3.63) is 45.8 Å². The monoisotopic (exact) mass is 401 g/mol. The van der Waals surface area contributed by atoms with Gasteiger partial charge in [0.25, 0.3) is 5.91 Å². The molecule has 0 fully saturated rings. The lowest BCUT2D eigenvalue weighted by Gasteiger charge is -2.10. The molecule has 3 rings (SSSR count). The Morgan fingerprint density at radius 1 is 1.18 bits per heavy atom. The normalized spacial score (nSPS) is 12.7. The van der Waals surface area contributed by atoms with Crippen LogP contribution in [0.5, 0.6) is 5.75 Å². The summed E-state index contributed by atoms with van der Waals surface area (Å²) >= 11 is 1.49. The van der Waals surface area contributed by atoms with Gasteiger partial charge in [-0.05, 0) is 68.4 Å². The first-order valence-corrected chi connectivity index (χ1v) is 10.7. The van der Waals surface area contributed by atoms with Crippen LogP contribution in [0.1, 0.15) is 64.8 Å². The predicted molar refractivity (Wildman–Crippen MR) is 112 cm³/mol. The molecular weight excluding hydrogens is 374 g/mol. The first-order valence-electron chi connectivity index (χ1n) is 9.85. The standard InChI is InChI=1S/C22H27NO4S/c1-4-26-22(25)19-17-6-5-7-18(17)28-21(19)23-20(24)15-8-10-16(11-9-15)27-13-12-14(2)3/h8-11,14H,4-7,12-13H2,1-3H3,(H,23,24). The second kappa shape index (κ2) is 9.24. The number of carbonyl (C=O) groups is 2. The molecule has 0 unspecified atom stereocenters. The minimum absolute atomic E-state index is 0.237. The SMILES string of the molecule is CCOC(=O)c1c(NC(=O)c2ccc(OCCC(C)C)cc2)sc2c1CCC2. The third-order valence-corrected chi connectivity index (χ3v) is 5.92. The van der Waals surface area contributed by atoms with Gasteiger partial charge in [0.1, 0.15) is 10.8 Å². The summed E-state index contributed by atoms with van der Waals surface area (Å²) in [7, 11) is 0. The fraction of sp³-hybridized carbons (Fsp3) is 0.455.